The second-order valence-corrected chi connectivity index (χ2v) is 7.80. The van der Waals surface area contributed by atoms with Gasteiger partial charge in [-0.05, 0) is 36.5 Å². The number of nitrogens with zero attached hydrogens (tertiary/aromatic N) is 7. The minimum Gasteiger partial charge on any atom is -0.475 e. The second kappa shape index (κ2) is 9.50. The highest BCUT2D eigenvalue weighted by Gasteiger charge is 2.38. The molecule has 3 N–H and O–H groups in total. The van der Waals surface area contributed by atoms with Gasteiger partial charge in [-0.1, -0.05) is 5.21 Å². The van der Waals surface area contributed by atoms with E-state index in [-0.39, 0.29) is 0 Å². The van der Waals surface area contributed by atoms with E-state index in [2.05, 4.69) is 36.2 Å². The fraction of sp³-hybridized carbons (Fsp3) is 0.333. The number of nitrogens with one attached hydrogen (secondary N) is 2. The van der Waals surface area contributed by atoms with Gasteiger partial charge in [-0.2, -0.15) is 29.0 Å². The van der Waals surface area contributed by atoms with Crippen LogP contribution >= 0.6 is 11.3 Å². The molecule has 0 bridgehead atoms. The average molecular weight is 481 g/mol. The molecular formula is C18H18F3N9O2S. The van der Waals surface area contributed by atoms with Crippen LogP contribution in [0.25, 0.3) is 17.0 Å². The largest absolute Gasteiger partial charge is 0.490 e. The lowest BCUT2D eigenvalue weighted by molar-refractivity contribution is -0.192. The number of anilines is 1. The Morgan fingerprint density at radius 3 is 2.76 bits per heavy atom. The van der Waals surface area contributed by atoms with Crippen molar-refractivity contribution in [2.75, 3.05) is 18.4 Å². The molecule has 1 aliphatic heterocycles. The lowest BCUT2D eigenvalue weighted by Gasteiger charge is -2.06. The van der Waals surface area contributed by atoms with Gasteiger partial charge in [0, 0.05) is 17.5 Å². The number of alkyl halides is 3. The minimum absolute atomic E-state index is 0.399. The van der Waals surface area contributed by atoms with Gasteiger partial charge in [0.1, 0.15) is 11.5 Å². The number of thiophene rings is 1. The van der Waals surface area contributed by atoms with Gasteiger partial charge in [0.25, 0.3) is 0 Å². The summed E-state index contributed by atoms with van der Waals surface area (Å²) >= 11 is 1.62. The third-order valence-electron chi connectivity index (χ3n) is 4.70. The smallest absolute Gasteiger partial charge is 0.475 e. The van der Waals surface area contributed by atoms with Gasteiger partial charge in [-0.3, -0.25) is 0 Å². The topological polar surface area (TPSA) is 135 Å². The van der Waals surface area contributed by atoms with Crippen molar-refractivity contribution in [3.05, 3.63) is 40.8 Å². The van der Waals surface area contributed by atoms with Crippen LogP contribution < -0.4 is 10.6 Å². The van der Waals surface area contributed by atoms with Gasteiger partial charge in [0.15, 0.2) is 11.5 Å². The van der Waals surface area contributed by atoms with Crippen molar-refractivity contribution in [2.24, 2.45) is 0 Å². The molecule has 0 spiro atoms. The van der Waals surface area contributed by atoms with Crippen molar-refractivity contribution in [3.63, 3.8) is 0 Å². The summed E-state index contributed by atoms with van der Waals surface area (Å²) in [5, 5.41) is 39.3. The molecule has 1 aliphatic rings. The molecule has 0 aromatic carbocycles. The molecule has 1 atom stereocenters. The first-order valence-electron chi connectivity index (χ1n) is 9.71. The standard InChI is InChI=1S/C16H17N9S.C2HF3O2/c1-2-15-20-21-16(11-4-6-26-10-11)25(15)22-14(1)18-7-12-9-24(23-19-12)13-3-5-17-8-13;3-2(4,5)1(6)7/h1-2,4,6,9-10,13,17H,3,5,7-8H2,(H,18,22);(H,6,7). The first-order valence-corrected chi connectivity index (χ1v) is 10.7. The summed E-state index contributed by atoms with van der Waals surface area (Å²) in [6.45, 7) is 2.55. The van der Waals surface area contributed by atoms with Crippen molar-refractivity contribution in [1.29, 1.82) is 0 Å². The number of fused-ring (bicyclic) bond motifs is 1. The Bertz CT molecular complexity index is 1220. The Morgan fingerprint density at radius 1 is 1.27 bits per heavy atom. The van der Waals surface area contributed by atoms with Crippen molar-refractivity contribution in [2.45, 2.75) is 25.2 Å². The highest BCUT2D eigenvalue weighted by atomic mass is 32.1. The normalized spacial score (nSPS) is 15.9. The molecule has 0 aliphatic carbocycles. The SMILES string of the molecule is O=C(O)C(F)(F)F.c1cc(-c2nnc3ccc(NCc4cn(C5CCNC5)nn4)nn23)cs1. The fourth-order valence-electron chi connectivity index (χ4n) is 3.07. The lowest BCUT2D eigenvalue weighted by atomic mass is 10.3. The van der Waals surface area contributed by atoms with Crippen LogP contribution in [0, 0.1) is 0 Å². The summed E-state index contributed by atoms with van der Waals surface area (Å²) in [4.78, 5) is 8.90. The van der Waals surface area contributed by atoms with E-state index in [1.54, 1.807) is 15.9 Å². The summed E-state index contributed by atoms with van der Waals surface area (Å²) in [5.41, 5.74) is 2.62. The molecule has 0 saturated carbocycles. The van der Waals surface area contributed by atoms with Gasteiger partial charge in [-0.15, -0.1) is 20.4 Å². The van der Waals surface area contributed by atoms with E-state index in [1.807, 2.05) is 39.8 Å². The number of carboxylic acid groups (broad SMARTS) is 1. The summed E-state index contributed by atoms with van der Waals surface area (Å²) in [6.07, 6.45) is -1.99. The second-order valence-electron chi connectivity index (χ2n) is 7.02. The Morgan fingerprint density at radius 2 is 2.09 bits per heavy atom. The van der Waals surface area contributed by atoms with E-state index in [1.165, 1.54) is 0 Å². The number of hydrogen-bond donors (Lipinski definition) is 3. The number of halogens is 3. The number of carbonyl (C=O) groups is 1. The van der Waals surface area contributed by atoms with Gasteiger partial charge in [0.2, 0.25) is 0 Å². The molecule has 11 nitrogen and oxygen atoms in total. The van der Waals surface area contributed by atoms with Gasteiger partial charge in [-0.25, -0.2) is 9.48 Å². The van der Waals surface area contributed by atoms with E-state index in [9.17, 15) is 13.2 Å². The number of carboxylic acids is 1. The third kappa shape index (κ3) is 5.43. The van der Waals surface area contributed by atoms with Crippen LogP contribution in [0.5, 0.6) is 0 Å². The van der Waals surface area contributed by atoms with Crippen LogP contribution in [0.2, 0.25) is 0 Å². The average Bonchev–Trinajstić information content (AvgIpc) is 3.58. The Kier molecular flexibility index (Phi) is 6.50. The molecule has 4 aromatic rings. The maximum atomic E-state index is 10.6. The molecule has 4 aromatic heterocycles. The highest BCUT2D eigenvalue weighted by molar-refractivity contribution is 7.08. The van der Waals surface area contributed by atoms with Crippen LogP contribution in [0.15, 0.2) is 35.2 Å². The maximum Gasteiger partial charge on any atom is 0.490 e. The summed E-state index contributed by atoms with van der Waals surface area (Å²) < 4.78 is 35.4. The van der Waals surface area contributed by atoms with Gasteiger partial charge >= 0.3 is 12.1 Å². The summed E-state index contributed by atoms with van der Waals surface area (Å²) in [7, 11) is 0. The van der Waals surface area contributed by atoms with Crippen molar-refractivity contribution < 1.29 is 23.1 Å². The van der Waals surface area contributed by atoms with Crippen molar-refractivity contribution in [1.82, 2.24) is 40.1 Å². The maximum absolute atomic E-state index is 10.6. The van der Waals surface area contributed by atoms with E-state index in [0.717, 1.165) is 48.1 Å². The number of hydrogen-bond acceptors (Lipinski definition) is 9. The van der Waals surface area contributed by atoms with Crippen LogP contribution in [0.3, 0.4) is 0 Å². The molecule has 5 rings (SSSR count). The molecule has 1 fully saturated rings. The third-order valence-corrected chi connectivity index (χ3v) is 5.38. The van der Waals surface area contributed by atoms with Gasteiger partial charge < -0.3 is 15.7 Å². The minimum atomic E-state index is -5.08. The van der Waals surface area contributed by atoms with Crippen LogP contribution in [0.1, 0.15) is 18.2 Å². The first kappa shape index (κ1) is 22.6. The molecule has 15 heteroatoms. The first-order chi connectivity index (χ1) is 15.8. The fourth-order valence-corrected chi connectivity index (χ4v) is 3.71. The van der Waals surface area contributed by atoms with Crippen LogP contribution in [0.4, 0.5) is 19.0 Å². The molecule has 5 heterocycles. The summed E-state index contributed by atoms with van der Waals surface area (Å²) in [5.74, 6) is -1.28. The lowest BCUT2D eigenvalue weighted by Crippen LogP contribution is -2.21. The monoisotopic (exact) mass is 481 g/mol. The molecule has 1 saturated heterocycles. The zero-order valence-electron chi connectivity index (χ0n) is 16.9. The quantitative estimate of drug-likeness (QED) is 0.392. The van der Waals surface area contributed by atoms with E-state index < -0.39 is 12.1 Å². The number of rotatable bonds is 5. The highest BCUT2D eigenvalue weighted by Crippen LogP contribution is 2.21. The number of aromatic nitrogens is 7. The molecular weight excluding hydrogens is 463 g/mol. The zero-order valence-corrected chi connectivity index (χ0v) is 17.7. The number of aliphatic carboxylic acids is 1. The Balaban J connectivity index is 0.000000325. The Hall–Kier alpha value is -3.59. The van der Waals surface area contributed by atoms with Gasteiger partial charge in [0.05, 0.1) is 18.8 Å². The predicted molar refractivity (Wildman–Crippen MR) is 112 cm³/mol. The molecule has 174 valence electrons. The molecule has 1 unspecified atom stereocenters. The summed E-state index contributed by atoms with van der Waals surface area (Å²) in [6, 6.07) is 6.21. The van der Waals surface area contributed by atoms with E-state index >= 15 is 0 Å². The Labute approximate surface area is 188 Å². The van der Waals surface area contributed by atoms with Crippen LogP contribution in [-0.4, -0.2) is 65.1 Å². The van der Waals surface area contributed by atoms with Crippen molar-refractivity contribution in [3.8, 4) is 11.4 Å². The van der Waals surface area contributed by atoms with Crippen molar-refractivity contribution >= 4 is 28.8 Å². The molecule has 0 amide bonds. The molecule has 33 heavy (non-hydrogen) atoms. The van der Waals surface area contributed by atoms with Crippen LogP contribution in [-0.2, 0) is 11.3 Å². The molecule has 0 radical (unpaired) electrons. The van der Waals surface area contributed by atoms with E-state index in [4.69, 9.17) is 9.90 Å². The predicted octanol–water partition coefficient (Wildman–Crippen LogP) is 2.22. The van der Waals surface area contributed by atoms with E-state index in [0.29, 0.717) is 12.6 Å². The zero-order chi connectivity index (χ0) is 23.4.